The summed E-state index contributed by atoms with van der Waals surface area (Å²) in [4.78, 5) is 15.8. The Morgan fingerprint density at radius 2 is 2.17 bits per heavy atom. The summed E-state index contributed by atoms with van der Waals surface area (Å²) >= 11 is 1.71. The molecule has 0 unspecified atom stereocenters. The molecule has 1 aliphatic rings. The monoisotopic (exact) mass is 326 g/mol. The van der Waals surface area contributed by atoms with E-state index in [2.05, 4.69) is 30.9 Å². The first-order valence-corrected chi connectivity index (χ1v) is 8.55. The molecule has 0 saturated heterocycles. The number of nitrogens with zero attached hydrogens (tertiary/aromatic N) is 5. The van der Waals surface area contributed by atoms with E-state index in [-0.39, 0.29) is 0 Å². The summed E-state index contributed by atoms with van der Waals surface area (Å²) < 4.78 is 2.26. The SMILES string of the molecule is c1ccc(NCc2cn3c(n2)CN(Cc2nccs2)CC3)nc1. The van der Waals surface area contributed by atoms with Crippen molar-refractivity contribution in [1.29, 1.82) is 0 Å². The molecule has 4 rings (SSSR count). The molecule has 6 nitrogen and oxygen atoms in total. The Balaban J connectivity index is 1.39. The Hall–Kier alpha value is -2.25. The predicted octanol–water partition coefficient (Wildman–Crippen LogP) is 2.36. The average molecular weight is 326 g/mol. The van der Waals surface area contributed by atoms with Crippen LogP contribution in [0.1, 0.15) is 16.5 Å². The van der Waals surface area contributed by atoms with Gasteiger partial charge in [-0.25, -0.2) is 15.0 Å². The van der Waals surface area contributed by atoms with Gasteiger partial charge in [-0.3, -0.25) is 4.90 Å². The lowest BCUT2D eigenvalue weighted by atomic mass is 10.3. The van der Waals surface area contributed by atoms with Crippen LogP contribution in [0.5, 0.6) is 0 Å². The Bertz CT molecular complexity index is 752. The summed E-state index contributed by atoms with van der Waals surface area (Å²) in [5.74, 6) is 2.01. The van der Waals surface area contributed by atoms with Crippen molar-refractivity contribution < 1.29 is 0 Å². The minimum Gasteiger partial charge on any atom is -0.364 e. The third kappa shape index (κ3) is 3.40. The molecule has 3 aromatic rings. The summed E-state index contributed by atoms with van der Waals surface area (Å²) in [6.45, 7) is 4.51. The molecular formula is C16H18N6S. The zero-order chi connectivity index (χ0) is 15.5. The van der Waals surface area contributed by atoms with Gasteiger partial charge >= 0.3 is 0 Å². The Kier molecular flexibility index (Phi) is 4.04. The average Bonchev–Trinajstić information content (AvgIpc) is 3.23. The van der Waals surface area contributed by atoms with Crippen molar-refractivity contribution in [1.82, 2.24) is 24.4 Å². The summed E-state index contributed by atoms with van der Waals surface area (Å²) in [6.07, 6.45) is 5.80. The fourth-order valence-electron chi connectivity index (χ4n) is 2.75. The van der Waals surface area contributed by atoms with Crippen molar-refractivity contribution in [3.8, 4) is 0 Å². The van der Waals surface area contributed by atoms with Crippen molar-refractivity contribution in [3.63, 3.8) is 0 Å². The fourth-order valence-corrected chi connectivity index (χ4v) is 3.41. The van der Waals surface area contributed by atoms with Gasteiger partial charge in [-0.2, -0.15) is 0 Å². The van der Waals surface area contributed by atoms with Gasteiger partial charge in [0.25, 0.3) is 0 Å². The van der Waals surface area contributed by atoms with E-state index in [0.717, 1.165) is 43.5 Å². The molecule has 0 saturated carbocycles. The molecule has 4 heterocycles. The van der Waals surface area contributed by atoms with Crippen molar-refractivity contribution in [2.24, 2.45) is 0 Å². The van der Waals surface area contributed by atoms with E-state index < -0.39 is 0 Å². The number of pyridine rings is 1. The normalized spacial score (nSPS) is 14.6. The van der Waals surface area contributed by atoms with E-state index in [1.54, 1.807) is 17.5 Å². The maximum absolute atomic E-state index is 4.76. The van der Waals surface area contributed by atoms with Crippen molar-refractivity contribution in [2.75, 3.05) is 11.9 Å². The van der Waals surface area contributed by atoms with Gasteiger partial charge in [0, 0.05) is 37.1 Å². The van der Waals surface area contributed by atoms with E-state index >= 15 is 0 Å². The van der Waals surface area contributed by atoms with Crippen LogP contribution in [0.2, 0.25) is 0 Å². The van der Waals surface area contributed by atoms with Crippen LogP contribution in [-0.4, -0.2) is 31.0 Å². The molecule has 0 fully saturated rings. The second-order valence-electron chi connectivity index (χ2n) is 5.55. The lowest BCUT2D eigenvalue weighted by Gasteiger charge is -2.26. The van der Waals surface area contributed by atoms with Crippen LogP contribution in [-0.2, 0) is 26.2 Å². The van der Waals surface area contributed by atoms with E-state index in [9.17, 15) is 0 Å². The molecule has 23 heavy (non-hydrogen) atoms. The van der Waals surface area contributed by atoms with Crippen molar-refractivity contribution in [2.45, 2.75) is 26.2 Å². The van der Waals surface area contributed by atoms with E-state index in [1.807, 2.05) is 29.8 Å². The second kappa shape index (κ2) is 6.47. The molecule has 1 N–H and O–H groups in total. The Labute approximate surface area is 138 Å². The second-order valence-corrected chi connectivity index (χ2v) is 6.53. The number of hydrogen-bond acceptors (Lipinski definition) is 6. The van der Waals surface area contributed by atoms with Gasteiger partial charge in [0.05, 0.1) is 25.3 Å². The zero-order valence-electron chi connectivity index (χ0n) is 12.7. The van der Waals surface area contributed by atoms with Crippen molar-refractivity contribution >= 4 is 17.2 Å². The van der Waals surface area contributed by atoms with Crippen LogP contribution >= 0.6 is 11.3 Å². The first-order valence-electron chi connectivity index (χ1n) is 7.67. The molecule has 7 heteroatoms. The van der Waals surface area contributed by atoms with Gasteiger partial charge in [-0.1, -0.05) is 6.07 Å². The van der Waals surface area contributed by atoms with Gasteiger partial charge in [0.2, 0.25) is 0 Å². The summed E-state index contributed by atoms with van der Waals surface area (Å²) in [7, 11) is 0. The van der Waals surface area contributed by atoms with Crippen LogP contribution in [0.4, 0.5) is 5.82 Å². The lowest BCUT2D eigenvalue weighted by Crippen LogP contribution is -2.33. The number of thiazole rings is 1. The highest BCUT2D eigenvalue weighted by molar-refractivity contribution is 7.09. The molecule has 0 atom stereocenters. The van der Waals surface area contributed by atoms with E-state index in [0.29, 0.717) is 6.54 Å². The van der Waals surface area contributed by atoms with Gasteiger partial charge in [0.15, 0.2) is 0 Å². The molecule has 0 aliphatic carbocycles. The minimum absolute atomic E-state index is 0.698. The first kappa shape index (κ1) is 14.3. The first-order chi connectivity index (χ1) is 11.4. The topological polar surface area (TPSA) is 58.9 Å². The summed E-state index contributed by atoms with van der Waals surface area (Å²) in [6, 6.07) is 5.85. The standard InChI is InChI=1S/C16H18N6S/c1-2-4-17-14(3-1)19-9-13-10-22-7-6-21(11-15(22)20-13)12-16-18-5-8-23-16/h1-5,8,10H,6-7,9,11-12H2,(H,17,19). The smallest absolute Gasteiger partial charge is 0.126 e. The van der Waals surface area contributed by atoms with Crippen LogP contribution in [0.25, 0.3) is 0 Å². The Morgan fingerprint density at radius 1 is 1.17 bits per heavy atom. The maximum atomic E-state index is 4.76. The van der Waals surface area contributed by atoms with E-state index in [1.165, 1.54) is 5.01 Å². The van der Waals surface area contributed by atoms with Gasteiger partial charge in [0.1, 0.15) is 16.6 Å². The number of aromatic nitrogens is 4. The minimum atomic E-state index is 0.698. The number of anilines is 1. The van der Waals surface area contributed by atoms with Crippen LogP contribution in [0, 0.1) is 0 Å². The van der Waals surface area contributed by atoms with Crippen molar-refractivity contribution in [3.05, 3.63) is 58.7 Å². The number of imidazole rings is 1. The number of hydrogen-bond donors (Lipinski definition) is 1. The Morgan fingerprint density at radius 3 is 3.00 bits per heavy atom. The molecule has 0 amide bonds. The molecule has 118 valence electrons. The molecular weight excluding hydrogens is 308 g/mol. The van der Waals surface area contributed by atoms with Crippen LogP contribution in [0.3, 0.4) is 0 Å². The summed E-state index contributed by atoms with van der Waals surface area (Å²) in [5.41, 5.74) is 1.06. The fraction of sp³-hybridized carbons (Fsp3) is 0.312. The summed E-state index contributed by atoms with van der Waals surface area (Å²) in [5, 5.41) is 6.51. The molecule has 0 aromatic carbocycles. The van der Waals surface area contributed by atoms with E-state index in [4.69, 9.17) is 4.98 Å². The number of nitrogens with one attached hydrogen (secondary N) is 1. The third-order valence-corrected chi connectivity index (χ3v) is 4.65. The van der Waals surface area contributed by atoms with Gasteiger partial charge in [-0.15, -0.1) is 11.3 Å². The highest BCUT2D eigenvalue weighted by Gasteiger charge is 2.19. The quantitative estimate of drug-likeness (QED) is 0.780. The molecule has 0 bridgehead atoms. The molecule has 1 aliphatic heterocycles. The lowest BCUT2D eigenvalue weighted by molar-refractivity contribution is 0.208. The van der Waals surface area contributed by atoms with Gasteiger partial charge in [-0.05, 0) is 12.1 Å². The largest absolute Gasteiger partial charge is 0.364 e. The zero-order valence-corrected chi connectivity index (χ0v) is 13.5. The number of fused-ring (bicyclic) bond motifs is 1. The molecule has 0 spiro atoms. The highest BCUT2D eigenvalue weighted by Crippen LogP contribution is 2.17. The molecule has 3 aromatic heterocycles. The van der Waals surface area contributed by atoms with Crippen LogP contribution < -0.4 is 5.32 Å². The van der Waals surface area contributed by atoms with Crippen LogP contribution in [0.15, 0.2) is 42.2 Å². The molecule has 0 radical (unpaired) electrons. The predicted molar refractivity (Wildman–Crippen MR) is 90.0 cm³/mol. The highest BCUT2D eigenvalue weighted by atomic mass is 32.1. The maximum Gasteiger partial charge on any atom is 0.126 e. The number of rotatable bonds is 5. The van der Waals surface area contributed by atoms with Gasteiger partial charge < -0.3 is 9.88 Å². The third-order valence-electron chi connectivity index (χ3n) is 3.89.